The van der Waals surface area contributed by atoms with Crippen LogP contribution >= 0.6 is 11.6 Å². The van der Waals surface area contributed by atoms with Crippen LogP contribution in [-0.2, 0) is 14.6 Å². The molecule has 2 N–H and O–H groups in total. The largest absolute Gasteiger partial charge is 0.494 e. The Hall–Kier alpha value is -3.03. The number of hydrogen-bond acceptors (Lipinski definition) is 5. The maximum absolute atomic E-state index is 12.2. The van der Waals surface area contributed by atoms with Gasteiger partial charge in [0.05, 0.1) is 22.2 Å². The number of rotatable bonds is 10. The highest BCUT2D eigenvalue weighted by Crippen LogP contribution is 2.29. The minimum absolute atomic E-state index is 0.0896. The Bertz CT molecular complexity index is 1180. The van der Waals surface area contributed by atoms with Gasteiger partial charge in [0.25, 0.3) is 0 Å². The average molecular weight is 487 g/mol. The van der Waals surface area contributed by atoms with Gasteiger partial charge in [-0.25, -0.2) is 8.42 Å². The highest BCUT2D eigenvalue weighted by molar-refractivity contribution is 7.90. The summed E-state index contributed by atoms with van der Waals surface area (Å²) >= 11 is 6.41. The Balaban J connectivity index is 1.44. The van der Waals surface area contributed by atoms with Gasteiger partial charge in [0, 0.05) is 24.4 Å². The molecule has 0 fully saturated rings. The number of carbonyl (C=O) groups excluding carboxylic acids is 1. The molecular weight excluding hydrogens is 460 g/mol. The van der Waals surface area contributed by atoms with Crippen molar-refractivity contribution in [2.24, 2.45) is 0 Å². The molecule has 0 heterocycles. The lowest BCUT2D eigenvalue weighted by molar-refractivity contribution is -0.116. The van der Waals surface area contributed by atoms with Gasteiger partial charge in [-0.05, 0) is 61.4 Å². The summed E-state index contributed by atoms with van der Waals surface area (Å²) < 4.78 is 28.5. The average Bonchev–Trinajstić information content (AvgIpc) is 2.79. The zero-order valence-corrected chi connectivity index (χ0v) is 20.1. The summed E-state index contributed by atoms with van der Waals surface area (Å²) in [7, 11) is -3.23. The van der Waals surface area contributed by atoms with Crippen LogP contribution in [0.5, 0.6) is 5.75 Å². The third kappa shape index (κ3) is 7.51. The molecule has 8 heteroatoms. The molecule has 3 rings (SSSR count). The zero-order chi connectivity index (χ0) is 23.8. The molecule has 6 nitrogen and oxygen atoms in total. The number of hydrogen-bond donors (Lipinski definition) is 2. The van der Waals surface area contributed by atoms with Gasteiger partial charge in [0.15, 0.2) is 9.84 Å². The van der Waals surface area contributed by atoms with Gasteiger partial charge in [-0.3, -0.25) is 4.79 Å². The van der Waals surface area contributed by atoms with Crippen LogP contribution in [0.1, 0.15) is 31.4 Å². The van der Waals surface area contributed by atoms with Crippen LogP contribution in [-0.4, -0.2) is 27.2 Å². The second-order valence-electron chi connectivity index (χ2n) is 7.72. The fourth-order valence-corrected chi connectivity index (χ4v) is 4.06. The van der Waals surface area contributed by atoms with Crippen LogP contribution in [0.2, 0.25) is 5.02 Å². The highest BCUT2D eigenvalue weighted by atomic mass is 35.5. The number of amides is 1. The normalized spacial score (nSPS) is 12.1. The first-order valence-electron chi connectivity index (χ1n) is 10.6. The Morgan fingerprint density at radius 2 is 1.73 bits per heavy atom. The van der Waals surface area contributed by atoms with Gasteiger partial charge >= 0.3 is 0 Å². The first-order valence-corrected chi connectivity index (χ1v) is 12.8. The van der Waals surface area contributed by atoms with E-state index in [1.165, 1.54) is 12.1 Å². The minimum atomic E-state index is -3.23. The smallest absolute Gasteiger partial charge is 0.224 e. The molecule has 0 saturated carbocycles. The molecule has 0 bridgehead atoms. The number of sulfone groups is 1. The number of anilines is 2. The molecule has 1 atom stereocenters. The second kappa shape index (κ2) is 11.2. The summed E-state index contributed by atoms with van der Waals surface area (Å²) in [6.07, 6.45) is 1.95. The molecule has 0 aliphatic rings. The number of halogens is 1. The van der Waals surface area contributed by atoms with Crippen molar-refractivity contribution < 1.29 is 17.9 Å². The highest BCUT2D eigenvalue weighted by Gasteiger charge is 2.10. The van der Waals surface area contributed by atoms with Gasteiger partial charge in [-0.1, -0.05) is 41.9 Å². The predicted molar refractivity (Wildman–Crippen MR) is 133 cm³/mol. The lowest BCUT2D eigenvalue weighted by Crippen LogP contribution is -2.13. The van der Waals surface area contributed by atoms with E-state index in [4.69, 9.17) is 16.3 Å². The monoisotopic (exact) mass is 486 g/mol. The van der Waals surface area contributed by atoms with Crippen molar-refractivity contribution >= 4 is 38.7 Å². The summed E-state index contributed by atoms with van der Waals surface area (Å²) in [6.45, 7) is 2.40. The van der Waals surface area contributed by atoms with Gasteiger partial charge in [-0.15, -0.1) is 0 Å². The molecule has 0 saturated heterocycles. The number of carbonyl (C=O) groups is 1. The van der Waals surface area contributed by atoms with Crippen molar-refractivity contribution in [2.75, 3.05) is 23.5 Å². The van der Waals surface area contributed by atoms with Gasteiger partial charge in [0.2, 0.25) is 5.91 Å². The van der Waals surface area contributed by atoms with Crippen LogP contribution in [0, 0.1) is 0 Å². The van der Waals surface area contributed by atoms with Gasteiger partial charge < -0.3 is 15.4 Å². The fraction of sp³-hybridized carbons (Fsp3) is 0.240. The first-order chi connectivity index (χ1) is 15.7. The summed E-state index contributed by atoms with van der Waals surface area (Å²) in [5, 5.41) is 6.75. The molecule has 3 aromatic carbocycles. The molecule has 3 aromatic rings. The summed E-state index contributed by atoms with van der Waals surface area (Å²) in [6, 6.07) is 21.7. The molecule has 1 unspecified atom stereocenters. The Morgan fingerprint density at radius 1 is 1.03 bits per heavy atom. The molecule has 0 radical (unpaired) electrons. The van der Waals surface area contributed by atoms with Crippen LogP contribution in [0.4, 0.5) is 11.4 Å². The number of ether oxygens (including phenoxy) is 1. The van der Waals surface area contributed by atoms with Crippen molar-refractivity contribution in [3.8, 4) is 5.75 Å². The van der Waals surface area contributed by atoms with E-state index in [9.17, 15) is 13.2 Å². The quantitative estimate of drug-likeness (QED) is 0.358. The van der Waals surface area contributed by atoms with Crippen LogP contribution in [0.3, 0.4) is 0 Å². The zero-order valence-electron chi connectivity index (χ0n) is 18.5. The van der Waals surface area contributed by atoms with Gasteiger partial charge in [0.1, 0.15) is 5.75 Å². The van der Waals surface area contributed by atoms with Crippen molar-refractivity contribution in [3.63, 3.8) is 0 Å². The fourth-order valence-electron chi connectivity index (χ4n) is 3.20. The molecule has 0 aromatic heterocycles. The van der Waals surface area contributed by atoms with Crippen molar-refractivity contribution in [1.82, 2.24) is 0 Å². The number of benzene rings is 3. The van der Waals surface area contributed by atoms with Crippen molar-refractivity contribution in [1.29, 1.82) is 0 Å². The molecule has 174 valence electrons. The summed E-state index contributed by atoms with van der Waals surface area (Å²) in [5.74, 6) is 0.419. The maximum Gasteiger partial charge on any atom is 0.224 e. The standard InChI is InChI=1S/C25H27ClN2O4S/c1-18(19-7-4-3-5-8-19)27-24-15-10-20(17-23(24)26)28-25(29)9-6-16-32-21-11-13-22(14-12-21)33(2,30)31/h3-5,7-8,10-15,17-18,27H,6,9,16H2,1-2H3,(H,28,29). The molecule has 0 spiro atoms. The topological polar surface area (TPSA) is 84.5 Å². The first kappa shape index (κ1) is 24.6. The van der Waals surface area contributed by atoms with E-state index >= 15 is 0 Å². The van der Waals surface area contributed by atoms with E-state index in [2.05, 4.69) is 29.7 Å². The SMILES string of the molecule is CC(Nc1ccc(NC(=O)CCCOc2ccc(S(C)(=O)=O)cc2)cc1Cl)c1ccccc1. The van der Waals surface area contributed by atoms with Crippen molar-refractivity contribution in [3.05, 3.63) is 83.4 Å². The van der Waals surface area contributed by atoms with E-state index in [0.29, 0.717) is 29.5 Å². The molecule has 1 amide bonds. The lowest BCUT2D eigenvalue weighted by Gasteiger charge is -2.17. The third-order valence-corrected chi connectivity index (χ3v) is 6.43. The molecule has 33 heavy (non-hydrogen) atoms. The minimum Gasteiger partial charge on any atom is -0.494 e. The lowest BCUT2D eigenvalue weighted by atomic mass is 10.1. The Kier molecular flexibility index (Phi) is 8.36. The second-order valence-corrected chi connectivity index (χ2v) is 10.1. The summed E-state index contributed by atoms with van der Waals surface area (Å²) in [4.78, 5) is 12.5. The number of nitrogens with one attached hydrogen (secondary N) is 2. The van der Waals surface area contributed by atoms with E-state index in [1.807, 2.05) is 30.3 Å². The Labute approximate surface area is 199 Å². The van der Waals surface area contributed by atoms with E-state index in [1.54, 1.807) is 18.2 Å². The van der Waals surface area contributed by atoms with Crippen LogP contribution in [0.15, 0.2) is 77.7 Å². The van der Waals surface area contributed by atoms with Gasteiger partial charge in [-0.2, -0.15) is 0 Å². The predicted octanol–water partition coefficient (Wildman–Crippen LogP) is 5.71. The van der Waals surface area contributed by atoms with E-state index in [0.717, 1.165) is 17.5 Å². The molecular formula is C25H27ClN2O4S. The third-order valence-electron chi connectivity index (χ3n) is 4.99. The van der Waals surface area contributed by atoms with Crippen molar-refractivity contribution in [2.45, 2.75) is 30.7 Å². The Morgan fingerprint density at radius 3 is 2.36 bits per heavy atom. The van der Waals surface area contributed by atoms with E-state index < -0.39 is 9.84 Å². The molecule has 0 aliphatic heterocycles. The van der Waals surface area contributed by atoms with E-state index in [-0.39, 0.29) is 23.3 Å². The molecule has 0 aliphatic carbocycles. The maximum atomic E-state index is 12.2. The summed E-state index contributed by atoms with van der Waals surface area (Å²) in [5.41, 5.74) is 2.57. The van der Waals surface area contributed by atoms with Crippen LogP contribution in [0.25, 0.3) is 0 Å². The van der Waals surface area contributed by atoms with Crippen LogP contribution < -0.4 is 15.4 Å².